The minimum absolute atomic E-state index is 0.240. The molecule has 0 amide bonds. The van der Waals surface area contributed by atoms with Crippen LogP contribution in [-0.2, 0) is 16.4 Å². The maximum absolute atomic E-state index is 11.7. The van der Waals surface area contributed by atoms with E-state index in [-0.39, 0.29) is 5.75 Å². The third-order valence-electron chi connectivity index (χ3n) is 3.53. The average Bonchev–Trinajstić information content (AvgIpc) is 2.61. The summed E-state index contributed by atoms with van der Waals surface area (Å²) < 4.78 is 23.4. The summed E-state index contributed by atoms with van der Waals surface area (Å²) >= 11 is 0. The maximum atomic E-state index is 11.7. The third-order valence-corrected chi connectivity index (χ3v) is 5.24. The monoisotopic (exact) mass is 297 g/mol. The molecule has 20 heavy (non-hydrogen) atoms. The molecule has 0 spiro atoms. The van der Waals surface area contributed by atoms with Crippen LogP contribution < -0.4 is 10.2 Å². The van der Waals surface area contributed by atoms with E-state index in [0.29, 0.717) is 18.7 Å². The zero-order chi connectivity index (χ0) is 14.4. The van der Waals surface area contributed by atoms with Crippen LogP contribution in [0.15, 0.2) is 18.5 Å². The van der Waals surface area contributed by atoms with Crippen molar-refractivity contribution < 1.29 is 8.42 Å². The van der Waals surface area contributed by atoms with E-state index in [0.717, 1.165) is 31.7 Å². The minimum atomic E-state index is -2.87. The van der Waals surface area contributed by atoms with Gasteiger partial charge in [-0.05, 0) is 31.0 Å². The molecule has 1 aromatic heterocycles. The molecular formula is C14H23N3O2S. The van der Waals surface area contributed by atoms with Crippen molar-refractivity contribution >= 4 is 15.5 Å². The fourth-order valence-corrected chi connectivity index (χ4v) is 3.70. The van der Waals surface area contributed by atoms with E-state index in [2.05, 4.69) is 22.1 Å². The Labute approximate surface area is 121 Å². The Hall–Kier alpha value is -1.14. The first-order chi connectivity index (χ1) is 9.62. The normalized spacial score (nSPS) is 18.8. The van der Waals surface area contributed by atoms with E-state index in [9.17, 15) is 8.42 Å². The summed E-state index contributed by atoms with van der Waals surface area (Å²) in [5, 5.41) is 3.39. The quantitative estimate of drug-likeness (QED) is 0.828. The first kappa shape index (κ1) is 15.3. The molecule has 1 aromatic rings. The van der Waals surface area contributed by atoms with Crippen molar-refractivity contribution in [2.75, 3.05) is 36.0 Å². The number of anilines is 1. The van der Waals surface area contributed by atoms with Gasteiger partial charge in [0, 0.05) is 25.8 Å². The topological polar surface area (TPSA) is 62.3 Å². The van der Waals surface area contributed by atoms with Crippen molar-refractivity contribution in [3.05, 3.63) is 24.0 Å². The Bertz CT molecular complexity index is 531. The van der Waals surface area contributed by atoms with Crippen molar-refractivity contribution in [3.8, 4) is 0 Å². The number of hydrogen-bond donors (Lipinski definition) is 1. The molecular weight excluding hydrogens is 274 g/mol. The second-order valence-corrected chi connectivity index (χ2v) is 7.48. The van der Waals surface area contributed by atoms with Crippen LogP contribution in [0.25, 0.3) is 0 Å². The van der Waals surface area contributed by atoms with Crippen molar-refractivity contribution in [2.24, 2.45) is 0 Å². The summed E-state index contributed by atoms with van der Waals surface area (Å²) in [5.74, 6) is 0.539. The van der Waals surface area contributed by atoms with Gasteiger partial charge in [0.15, 0.2) is 9.84 Å². The molecule has 2 rings (SSSR count). The lowest BCUT2D eigenvalue weighted by molar-refractivity contribution is 0.597. The number of aromatic nitrogens is 1. The van der Waals surface area contributed by atoms with Gasteiger partial charge in [-0.15, -0.1) is 0 Å². The number of nitrogens with zero attached hydrogens (tertiary/aromatic N) is 2. The third kappa shape index (κ3) is 4.18. The Morgan fingerprint density at radius 3 is 3.00 bits per heavy atom. The maximum Gasteiger partial charge on any atom is 0.152 e. The Morgan fingerprint density at radius 2 is 2.20 bits per heavy atom. The number of rotatable bonds is 5. The smallest absolute Gasteiger partial charge is 0.152 e. The van der Waals surface area contributed by atoms with Crippen LogP contribution in [0, 0.1) is 0 Å². The molecule has 1 fully saturated rings. The lowest BCUT2D eigenvalue weighted by atomic mass is 10.2. The van der Waals surface area contributed by atoms with Gasteiger partial charge in [0.25, 0.3) is 0 Å². The predicted molar refractivity (Wildman–Crippen MR) is 81.7 cm³/mol. The van der Waals surface area contributed by atoms with Gasteiger partial charge in [-0.3, -0.25) is 4.98 Å². The molecule has 112 valence electrons. The van der Waals surface area contributed by atoms with Gasteiger partial charge in [0.2, 0.25) is 0 Å². The van der Waals surface area contributed by atoms with E-state index in [4.69, 9.17) is 0 Å². The largest absolute Gasteiger partial charge is 0.369 e. The Kier molecular flexibility index (Phi) is 5.37. The molecule has 1 N–H and O–H groups in total. The van der Waals surface area contributed by atoms with E-state index in [1.54, 1.807) is 6.20 Å². The number of nitrogens with one attached hydrogen (secondary N) is 1. The molecule has 0 aliphatic carbocycles. The molecule has 2 heterocycles. The SMILES string of the molecule is CCCNCc1ccncc1N1CCCS(=O)(=O)CC1. The van der Waals surface area contributed by atoms with Gasteiger partial charge in [-0.25, -0.2) is 8.42 Å². The highest BCUT2D eigenvalue weighted by atomic mass is 32.2. The molecule has 0 bridgehead atoms. The second-order valence-electron chi connectivity index (χ2n) is 5.17. The van der Waals surface area contributed by atoms with E-state index in [1.165, 1.54) is 5.56 Å². The van der Waals surface area contributed by atoms with Crippen LogP contribution in [0.2, 0.25) is 0 Å². The highest BCUT2D eigenvalue weighted by molar-refractivity contribution is 7.91. The highest BCUT2D eigenvalue weighted by Crippen LogP contribution is 2.21. The van der Waals surface area contributed by atoms with Crippen molar-refractivity contribution in [1.82, 2.24) is 10.3 Å². The molecule has 1 aliphatic heterocycles. The van der Waals surface area contributed by atoms with Crippen LogP contribution in [-0.4, -0.2) is 44.5 Å². The molecule has 1 aliphatic rings. The zero-order valence-corrected chi connectivity index (χ0v) is 12.8. The van der Waals surface area contributed by atoms with Crippen LogP contribution >= 0.6 is 0 Å². The molecule has 0 atom stereocenters. The first-order valence-electron chi connectivity index (χ1n) is 7.21. The molecule has 1 saturated heterocycles. The second kappa shape index (κ2) is 7.04. The Balaban J connectivity index is 2.11. The van der Waals surface area contributed by atoms with E-state index < -0.39 is 9.84 Å². The summed E-state index contributed by atoms with van der Waals surface area (Å²) in [6, 6.07) is 2.01. The molecule has 6 heteroatoms. The number of sulfone groups is 1. The lowest BCUT2D eigenvalue weighted by Gasteiger charge is -2.24. The summed E-state index contributed by atoms with van der Waals surface area (Å²) in [6.07, 6.45) is 5.43. The first-order valence-corrected chi connectivity index (χ1v) is 9.03. The van der Waals surface area contributed by atoms with Crippen LogP contribution in [0.4, 0.5) is 5.69 Å². The van der Waals surface area contributed by atoms with Crippen molar-refractivity contribution in [2.45, 2.75) is 26.3 Å². The molecule has 0 saturated carbocycles. The van der Waals surface area contributed by atoms with Gasteiger partial charge < -0.3 is 10.2 Å². The van der Waals surface area contributed by atoms with Gasteiger partial charge >= 0.3 is 0 Å². The number of pyridine rings is 1. The fraction of sp³-hybridized carbons (Fsp3) is 0.643. The van der Waals surface area contributed by atoms with Gasteiger partial charge in [0.05, 0.1) is 23.4 Å². The molecule has 5 nitrogen and oxygen atoms in total. The zero-order valence-electron chi connectivity index (χ0n) is 12.0. The van der Waals surface area contributed by atoms with E-state index in [1.807, 2.05) is 12.3 Å². The van der Waals surface area contributed by atoms with Crippen LogP contribution in [0.1, 0.15) is 25.3 Å². The average molecular weight is 297 g/mol. The van der Waals surface area contributed by atoms with Crippen molar-refractivity contribution in [3.63, 3.8) is 0 Å². The van der Waals surface area contributed by atoms with Gasteiger partial charge in [-0.2, -0.15) is 0 Å². The molecule has 0 aromatic carbocycles. The van der Waals surface area contributed by atoms with E-state index >= 15 is 0 Å². The highest BCUT2D eigenvalue weighted by Gasteiger charge is 2.20. The predicted octanol–water partition coefficient (Wildman–Crippen LogP) is 1.21. The number of hydrogen-bond acceptors (Lipinski definition) is 5. The summed E-state index contributed by atoms with van der Waals surface area (Å²) in [7, 11) is -2.87. The van der Waals surface area contributed by atoms with Crippen molar-refractivity contribution in [1.29, 1.82) is 0 Å². The summed E-state index contributed by atoms with van der Waals surface area (Å²) in [5.41, 5.74) is 2.25. The fourth-order valence-electron chi connectivity index (χ4n) is 2.43. The minimum Gasteiger partial charge on any atom is -0.369 e. The standard InChI is InChI=1S/C14H23N3O2S/c1-2-5-15-11-13-4-6-16-12-14(13)17-7-3-9-20(18,19)10-8-17/h4,6,12,15H,2-3,5,7-11H2,1H3. The summed E-state index contributed by atoms with van der Waals surface area (Å²) in [6.45, 7) is 5.27. The van der Waals surface area contributed by atoms with Gasteiger partial charge in [-0.1, -0.05) is 6.92 Å². The van der Waals surface area contributed by atoms with Crippen LogP contribution in [0.3, 0.4) is 0 Å². The Morgan fingerprint density at radius 1 is 1.35 bits per heavy atom. The molecule has 0 unspecified atom stereocenters. The summed E-state index contributed by atoms with van der Waals surface area (Å²) in [4.78, 5) is 6.35. The van der Waals surface area contributed by atoms with Gasteiger partial charge in [0.1, 0.15) is 0 Å². The molecule has 0 radical (unpaired) electrons. The van der Waals surface area contributed by atoms with Crippen LogP contribution in [0.5, 0.6) is 0 Å². The lowest BCUT2D eigenvalue weighted by Crippen LogP contribution is -2.28.